The van der Waals surface area contributed by atoms with Gasteiger partial charge in [-0.25, -0.2) is 0 Å². The molecule has 86 valence electrons. The van der Waals surface area contributed by atoms with Crippen molar-refractivity contribution in [2.75, 3.05) is 10.6 Å². The Morgan fingerprint density at radius 2 is 1.59 bits per heavy atom. The summed E-state index contributed by atoms with van der Waals surface area (Å²) in [5, 5.41) is 10.5. The number of hydrogen-bond donors (Lipinski definition) is 2. The molecule has 1 aromatic heterocycles. The maximum atomic E-state index is 11.9. The molecule has 2 heterocycles. The van der Waals surface area contributed by atoms with Gasteiger partial charge in [0.1, 0.15) is 0 Å². The molecule has 17 heavy (non-hydrogen) atoms. The van der Waals surface area contributed by atoms with Gasteiger partial charge in [-0.05, 0) is 12.1 Å². The van der Waals surface area contributed by atoms with Crippen LogP contribution < -0.4 is 10.6 Å². The van der Waals surface area contributed by atoms with Gasteiger partial charge in [-0.15, -0.1) is 11.3 Å². The van der Waals surface area contributed by atoms with Gasteiger partial charge in [0.2, 0.25) is 0 Å². The molecule has 3 rings (SSSR count). The molecule has 1 aliphatic heterocycles. The quantitative estimate of drug-likeness (QED) is 0.755. The number of rotatable bonds is 0. The Bertz CT molecular complexity index is 624. The van der Waals surface area contributed by atoms with Crippen LogP contribution in [0.5, 0.6) is 0 Å². The Morgan fingerprint density at radius 1 is 0.941 bits per heavy atom. The Hall–Kier alpha value is -1.23. The van der Waals surface area contributed by atoms with Gasteiger partial charge >= 0.3 is 0 Å². The number of nitrogens with one attached hydrogen (secondary N) is 2. The normalized spacial score (nSPS) is 13.2. The van der Waals surface area contributed by atoms with Crippen molar-refractivity contribution >= 4 is 57.5 Å². The van der Waals surface area contributed by atoms with Crippen LogP contribution in [-0.4, -0.2) is 5.91 Å². The highest BCUT2D eigenvalue weighted by atomic mass is 35.5. The molecule has 0 fully saturated rings. The molecule has 1 aliphatic rings. The number of carbonyl (C=O) groups excluding carboxylic acids is 1. The maximum absolute atomic E-state index is 11.9. The first-order valence-corrected chi connectivity index (χ1v) is 6.48. The molecule has 0 aliphatic carbocycles. The average Bonchev–Trinajstić information content (AvgIpc) is 2.69. The lowest BCUT2D eigenvalue weighted by Crippen LogP contribution is -2.09. The second kappa shape index (κ2) is 3.91. The lowest BCUT2D eigenvalue weighted by Gasteiger charge is -2.09. The molecule has 0 radical (unpaired) electrons. The summed E-state index contributed by atoms with van der Waals surface area (Å²) in [5.41, 5.74) is 2.78. The topological polar surface area (TPSA) is 41.1 Å². The highest BCUT2D eigenvalue weighted by Gasteiger charge is 2.20. The van der Waals surface area contributed by atoms with Crippen LogP contribution in [0, 0.1) is 0 Å². The summed E-state index contributed by atoms with van der Waals surface area (Å²) in [5.74, 6) is -0.147. The van der Waals surface area contributed by atoms with Gasteiger partial charge in [-0.3, -0.25) is 4.79 Å². The zero-order valence-electron chi connectivity index (χ0n) is 8.38. The van der Waals surface area contributed by atoms with Crippen LogP contribution in [-0.2, 0) is 0 Å². The van der Waals surface area contributed by atoms with Crippen molar-refractivity contribution in [1.82, 2.24) is 0 Å². The van der Waals surface area contributed by atoms with Crippen LogP contribution in [0.25, 0.3) is 0 Å². The molecular formula is C11H6Cl2N2OS. The number of carbonyl (C=O) groups is 1. The monoisotopic (exact) mass is 284 g/mol. The molecule has 0 spiro atoms. The van der Waals surface area contributed by atoms with E-state index in [0.717, 1.165) is 11.4 Å². The van der Waals surface area contributed by atoms with E-state index in [2.05, 4.69) is 10.6 Å². The SMILES string of the molecule is O=C1Nc2cc(Cl)c(Cl)cc2Nc2cscc21. The van der Waals surface area contributed by atoms with Gasteiger partial charge in [0.25, 0.3) is 5.91 Å². The Labute approximate surface area is 111 Å². The van der Waals surface area contributed by atoms with Crippen LogP contribution in [0.2, 0.25) is 10.0 Å². The molecule has 6 heteroatoms. The van der Waals surface area contributed by atoms with Crippen molar-refractivity contribution in [3.05, 3.63) is 38.5 Å². The smallest absolute Gasteiger partial charge is 0.258 e. The molecule has 0 saturated heterocycles. The summed E-state index contributed by atoms with van der Waals surface area (Å²) in [4.78, 5) is 11.9. The zero-order chi connectivity index (χ0) is 12.0. The Kier molecular flexibility index (Phi) is 2.50. The molecule has 1 aromatic carbocycles. The lowest BCUT2D eigenvalue weighted by molar-refractivity contribution is 0.102. The summed E-state index contributed by atoms with van der Waals surface area (Å²) in [6.45, 7) is 0. The summed E-state index contributed by atoms with van der Waals surface area (Å²) >= 11 is 13.3. The molecular weight excluding hydrogens is 279 g/mol. The van der Waals surface area contributed by atoms with Crippen LogP contribution in [0.3, 0.4) is 0 Å². The van der Waals surface area contributed by atoms with E-state index in [0.29, 0.717) is 21.3 Å². The number of thiophene rings is 1. The van der Waals surface area contributed by atoms with E-state index in [1.807, 2.05) is 5.38 Å². The first-order valence-electron chi connectivity index (χ1n) is 4.79. The van der Waals surface area contributed by atoms with E-state index in [-0.39, 0.29) is 5.91 Å². The highest BCUT2D eigenvalue weighted by molar-refractivity contribution is 7.08. The van der Waals surface area contributed by atoms with Gasteiger partial charge in [-0.1, -0.05) is 23.2 Å². The van der Waals surface area contributed by atoms with Crippen LogP contribution >= 0.6 is 34.5 Å². The first kappa shape index (κ1) is 10.9. The number of hydrogen-bond acceptors (Lipinski definition) is 3. The molecule has 0 atom stereocenters. The minimum atomic E-state index is -0.147. The van der Waals surface area contributed by atoms with Gasteiger partial charge < -0.3 is 10.6 Å². The Morgan fingerprint density at radius 3 is 2.29 bits per heavy atom. The van der Waals surface area contributed by atoms with E-state index in [1.54, 1.807) is 17.5 Å². The lowest BCUT2D eigenvalue weighted by atomic mass is 10.2. The largest absolute Gasteiger partial charge is 0.352 e. The predicted molar refractivity (Wildman–Crippen MR) is 72.0 cm³/mol. The number of benzene rings is 1. The van der Waals surface area contributed by atoms with E-state index >= 15 is 0 Å². The Balaban J connectivity index is 2.18. The summed E-state index contributed by atoms with van der Waals surface area (Å²) < 4.78 is 0. The fourth-order valence-corrected chi connectivity index (χ4v) is 2.75. The average molecular weight is 285 g/mol. The molecule has 2 N–H and O–H groups in total. The number of amides is 1. The predicted octanol–water partition coefficient (Wildman–Crippen LogP) is 4.36. The van der Waals surface area contributed by atoms with E-state index < -0.39 is 0 Å². The third kappa shape index (κ3) is 1.78. The van der Waals surface area contributed by atoms with Gasteiger partial charge in [-0.2, -0.15) is 0 Å². The van der Waals surface area contributed by atoms with E-state index in [4.69, 9.17) is 23.2 Å². The van der Waals surface area contributed by atoms with Crippen molar-refractivity contribution < 1.29 is 4.79 Å². The molecule has 3 nitrogen and oxygen atoms in total. The fraction of sp³-hybridized carbons (Fsp3) is 0. The van der Waals surface area contributed by atoms with Gasteiger partial charge in [0.15, 0.2) is 0 Å². The van der Waals surface area contributed by atoms with Crippen molar-refractivity contribution in [2.45, 2.75) is 0 Å². The zero-order valence-corrected chi connectivity index (χ0v) is 10.7. The minimum Gasteiger partial charge on any atom is -0.352 e. The van der Waals surface area contributed by atoms with Gasteiger partial charge in [0.05, 0.1) is 32.7 Å². The third-order valence-electron chi connectivity index (χ3n) is 2.48. The molecule has 2 aromatic rings. The molecule has 0 bridgehead atoms. The van der Waals surface area contributed by atoms with E-state index in [9.17, 15) is 4.79 Å². The van der Waals surface area contributed by atoms with Crippen molar-refractivity contribution in [2.24, 2.45) is 0 Å². The summed E-state index contributed by atoms with van der Waals surface area (Å²) in [7, 11) is 0. The van der Waals surface area contributed by atoms with Crippen molar-refractivity contribution in [1.29, 1.82) is 0 Å². The second-order valence-corrected chi connectivity index (χ2v) is 5.15. The number of fused-ring (bicyclic) bond motifs is 2. The third-order valence-corrected chi connectivity index (χ3v) is 3.95. The first-order chi connectivity index (χ1) is 8.15. The van der Waals surface area contributed by atoms with Crippen molar-refractivity contribution in [3.8, 4) is 0 Å². The molecule has 0 unspecified atom stereocenters. The molecule has 0 saturated carbocycles. The van der Waals surface area contributed by atoms with Crippen LogP contribution in [0.1, 0.15) is 10.4 Å². The highest BCUT2D eigenvalue weighted by Crippen LogP contribution is 2.38. The van der Waals surface area contributed by atoms with Crippen LogP contribution in [0.4, 0.5) is 17.1 Å². The van der Waals surface area contributed by atoms with E-state index in [1.165, 1.54) is 11.3 Å². The van der Waals surface area contributed by atoms with Crippen LogP contribution in [0.15, 0.2) is 22.9 Å². The number of anilines is 3. The van der Waals surface area contributed by atoms with Crippen molar-refractivity contribution in [3.63, 3.8) is 0 Å². The second-order valence-electron chi connectivity index (χ2n) is 3.59. The standard InChI is InChI=1S/C11H6Cl2N2OS/c12-6-1-8-9(2-7(6)13)15-11(16)5-3-17-4-10(5)14-8/h1-4,14H,(H,15,16). The summed E-state index contributed by atoms with van der Waals surface area (Å²) in [6.07, 6.45) is 0. The summed E-state index contributed by atoms with van der Waals surface area (Å²) in [6, 6.07) is 3.34. The fourth-order valence-electron chi connectivity index (χ4n) is 1.66. The maximum Gasteiger partial charge on any atom is 0.258 e. The number of halogens is 2. The van der Waals surface area contributed by atoms with Gasteiger partial charge in [0, 0.05) is 10.8 Å². The molecule has 1 amide bonds. The minimum absolute atomic E-state index is 0.147.